The van der Waals surface area contributed by atoms with Gasteiger partial charge in [-0.2, -0.15) is 0 Å². The number of rotatable bonds is 6. The molecule has 0 radical (unpaired) electrons. The first-order valence-electron chi connectivity index (χ1n) is 7.90. The first-order chi connectivity index (χ1) is 12.0. The Morgan fingerprint density at radius 1 is 0.960 bits per heavy atom. The Kier molecular flexibility index (Phi) is 6.11. The molecule has 0 aliphatic heterocycles. The molecule has 6 heteroatoms. The fraction of sp³-hybridized carbons (Fsp3) is 0.316. The molecule has 0 fully saturated rings. The zero-order chi connectivity index (χ0) is 18.4. The van der Waals surface area contributed by atoms with Crippen molar-refractivity contribution in [3.8, 4) is 17.2 Å². The van der Waals surface area contributed by atoms with Crippen molar-refractivity contribution in [2.24, 2.45) is 0 Å². The Hall–Kier alpha value is -2.89. The van der Waals surface area contributed by atoms with Gasteiger partial charge in [-0.05, 0) is 43.2 Å². The fourth-order valence-electron chi connectivity index (χ4n) is 2.51. The molecule has 0 aromatic heterocycles. The molecule has 2 amide bonds. The number of ether oxygens (including phenoxy) is 3. The van der Waals surface area contributed by atoms with Gasteiger partial charge in [-0.3, -0.25) is 0 Å². The van der Waals surface area contributed by atoms with Gasteiger partial charge in [-0.25, -0.2) is 4.79 Å². The van der Waals surface area contributed by atoms with E-state index < -0.39 is 0 Å². The van der Waals surface area contributed by atoms with Gasteiger partial charge in [-0.1, -0.05) is 12.1 Å². The molecule has 2 aromatic carbocycles. The summed E-state index contributed by atoms with van der Waals surface area (Å²) in [6.45, 7) is 4.23. The van der Waals surface area contributed by atoms with Gasteiger partial charge in [0, 0.05) is 17.8 Å². The highest BCUT2D eigenvalue weighted by atomic mass is 16.5. The second kappa shape index (κ2) is 8.28. The molecule has 2 N–H and O–H groups in total. The van der Waals surface area contributed by atoms with Crippen molar-refractivity contribution in [2.75, 3.05) is 26.6 Å². The third kappa shape index (κ3) is 4.35. The number of amides is 2. The largest absolute Gasteiger partial charge is 0.493 e. The number of anilines is 1. The molecule has 0 saturated heterocycles. The highest BCUT2D eigenvalue weighted by molar-refractivity contribution is 5.90. The summed E-state index contributed by atoms with van der Waals surface area (Å²) >= 11 is 0. The van der Waals surface area contributed by atoms with Gasteiger partial charge >= 0.3 is 6.03 Å². The van der Waals surface area contributed by atoms with Gasteiger partial charge in [0.1, 0.15) is 0 Å². The lowest BCUT2D eigenvalue weighted by Gasteiger charge is -2.16. The maximum atomic E-state index is 12.2. The Morgan fingerprint density at radius 3 is 2.32 bits per heavy atom. The molecule has 2 rings (SSSR count). The van der Waals surface area contributed by atoms with Crippen LogP contribution in [0.15, 0.2) is 30.3 Å². The lowest BCUT2D eigenvalue weighted by molar-refractivity contribution is 0.251. The second-order valence-corrected chi connectivity index (χ2v) is 5.62. The quantitative estimate of drug-likeness (QED) is 0.839. The average Bonchev–Trinajstić information content (AvgIpc) is 2.61. The van der Waals surface area contributed by atoms with E-state index in [0.717, 1.165) is 22.4 Å². The molecule has 25 heavy (non-hydrogen) atoms. The van der Waals surface area contributed by atoms with Crippen molar-refractivity contribution >= 4 is 11.7 Å². The average molecular weight is 344 g/mol. The summed E-state index contributed by atoms with van der Waals surface area (Å²) in [5, 5.41) is 5.69. The second-order valence-electron chi connectivity index (χ2n) is 5.62. The number of aryl methyl sites for hydroxylation is 2. The van der Waals surface area contributed by atoms with Crippen LogP contribution in [-0.4, -0.2) is 27.4 Å². The molecular formula is C19H24N2O4. The van der Waals surface area contributed by atoms with Crippen molar-refractivity contribution in [1.82, 2.24) is 5.32 Å². The number of carbonyl (C=O) groups excluding carboxylic acids is 1. The van der Waals surface area contributed by atoms with Gasteiger partial charge in [0.2, 0.25) is 5.75 Å². The maximum Gasteiger partial charge on any atom is 0.319 e. The SMILES string of the molecule is COc1ccc(CNC(=O)Nc2cc(C)ccc2C)c(OC)c1OC. The molecule has 0 aliphatic rings. The van der Waals surface area contributed by atoms with Gasteiger partial charge in [0.25, 0.3) is 0 Å². The van der Waals surface area contributed by atoms with E-state index in [1.807, 2.05) is 38.1 Å². The van der Waals surface area contributed by atoms with E-state index in [0.29, 0.717) is 23.8 Å². The third-order valence-corrected chi connectivity index (χ3v) is 3.87. The summed E-state index contributed by atoms with van der Waals surface area (Å²) in [7, 11) is 4.66. The normalized spacial score (nSPS) is 10.1. The summed E-state index contributed by atoms with van der Waals surface area (Å²) in [5.41, 5.74) is 3.67. The van der Waals surface area contributed by atoms with Gasteiger partial charge in [-0.15, -0.1) is 0 Å². The van der Waals surface area contributed by atoms with Gasteiger partial charge < -0.3 is 24.8 Å². The predicted molar refractivity (Wildman–Crippen MR) is 97.9 cm³/mol. The van der Waals surface area contributed by atoms with E-state index in [2.05, 4.69) is 10.6 Å². The zero-order valence-corrected chi connectivity index (χ0v) is 15.2. The third-order valence-electron chi connectivity index (χ3n) is 3.87. The Morgan fingerprint density at radius 2 is 1.68 bits per heavy atom. The maximum absolute atomic E-state index is 12.2. The first-order valence-corrected chi connectivity index (χ1v) is 7.90. The minimum absolute atomic E-state index is 0.287. The molecule has 134 valence electrons. The number of nitrogens with one attached hydrogen (secondary N) is 2. The molecule has 0 atom stereocenters. The topological polar surface area (TPSA) is 68.8 Å². The number of hydrogen-bond donors (Lipinski definition) is 2. The van der Waals surface area contributed by atoms with Crippen molar-refractivity contribution in [1.29, 1.82) is 0 Å². The van der Waals surface area contributed by atoms with Crippen LogP contribution in [0.25, 0.3) is 0 Å². The van der Waals surface area contributed by atoms with E-state index in [4.69, 9.17) is 14.2 Å². The number of carbonyl (C=O) groups is 1. The fourth-order valence-corrected chi connectivity index (χ4v) is 2.51. The van der Waals surface area contributed by atoms with Crippen LogP contribution in [-0.2, 0) is 6.54 Å². The summed E-state index contributed by atoms with van der Waals surface area (Å²) in [6, 6.07) is 9.24. The zero-order valence-electron chi connectivity index (χ0n) is 15.2. The number of benzene rings is 2. The predicted octanol–water partition coefficient (Wildman–Crippen LogP) is 3.65. The Balaban J connectivity index is 2.10. The minimum Gasteiger partial charge on any atom is -0.493 e. The standard InChI is InChI=1S/C19H24N2O4/c1-12-6-7-13(2)15(10-12)21-19(22)20-11-14-8-9-16(23-3)18(25-5)17(14)24-4/h6-10H,11H2,1-5H3,(H2,20,21,22). The van der Waals surface area contributed by atoms with Crippen molar-refractivity contribution in [2.45, 2.75) is 20.4 Å². The van der Waals surface area contributed by atoms with Crippen LogP contribution in [0.2, 0.25) is 0 Å². The van der Waals surface area contributed by atoms with Crippen LogP contribution in [0.3, 0.4) is 0 Å². The summed E-state index contributed by atoms with van der Waals surface area (Å²) in [4.78, 5) is 12.2. The number of methoxy groups -OCH3 is 3. The first kappa shape index (κ1) is 18.4. The smallest absolute Gasteiger partial charge is 0.319 e. The number of hydrogen-bond acceptors (Lipinski definition) is 4. The van der Waals surface area contributed by atoms with Crippen LogP contribution >= 0.6 is 0 Å². The molecule has 0 heterocycles. The van der Waals surface area contributed by atoms with Crippen molar-refractivity contribution in [3.63, 3.8) is 0 Å². The summed E-state index contributed by atoms with van der Waals surface area (Å²) in [6.07, 6.45) is 0. The van der Waals surface area contributed by atoms with Gasteiger partial charge in [0.15, 0.2) is 11.5 Å². The molecule has 0 bridgehead atoms. The monoisotopic (exact) mass is 344 g/mol. The van der Waals surface area contributed by atoms with Crippen LogP contribution in [0.1, 0.15) is 16.7 Å². The van der Waals surface area contributed by atoms with Crippen LogP contribution < -0.4 is 24.8 Å². The summed E-state index contributed by atoms with van der Waals surface area (Å²) < 4.78 is 16.0. The highest BCUT2D eigenvalue weighted by Gasteiger charge is 2.16. The minimum atomic E-state index is -0.287. The van der Waals surface area contributed by atoms with Crippen LogP contribution in [0.5, 0.6) is 17.2 Å². The molecule has 0 spiro atoms. The summed E-state index contributed by atoms with van der Waals surface area (Å²) in [5.74, 6) is 1.61. The van der Waals surface area contributed by atoms with E-state index in [9.17, 15) is 4.79 Å². The highest BCUT2D eigenvalue weighted by Crippen LogP contribution is 2.39. The molecule has 2 aromatic rings. The van der Waals surface area contributed by atoms with Gasteiger partial charge in [0.05, 0.1) is 21.3 Å². The molecular weight excluding hydrogens is 320 g/mol. The van der Waals surface area contributed by atoms with Crippen LogP contribution in [0.4, 0.5) is 10.5 Å². The van der Waals surface area contributed by atoms with E-state index in [1.54, 1.807) is 27.4 Å². The van der Waals surface area contributed by atoms with Crippen LogP contribution in [0, 0.1) is 13.8 Å². The number of urea groups is 1. The van der Waals surface area contributed by atoms with E-state index in [1.165, 1.54) is 0 Å². The lowest BCUT2D eigenvalue weighted by atomic mass is 10.1. The Bertz CT molecular complexity index is 759. The lowest BCUT2D eigenvalue weighted by Crippen LogP contribution is -2.28. The van der Waals surface area contributed by atoms with E-state index in [-0.39, 0.29) is 6.03 Å². The molecule has 0 aliphatic carbocycles. The Labute approximate surface area is 148 Å². The molecule has 6 nitrogen and oxygen atoms in total. The van der Waals surface area contributed by atoms with E-state index >= 15 is 0 Å². The van der Waals surface area contributed by atoms with Crippen molar-refractivity contribution in [3.05, 3.63) is 47.0 Å². The molecule has 0 unspecified atom stereocenters. The van der Waals surface area contributed by atoms with Crippen molar-refractivity contribution < 1.29 is 19.0 Å². The molecule has 0 saturated carbocycles.